The lowest BCUT2D eigenvalue weighted by molar-refractivity contribution is -0.134. The molecule has 1 aliphatic heterocycles. The minimum absolute atomic E-state index is 0.343. The van der Waals surface area contributed by atoms with E-state index in [0.717, 1.165) is 10.3 Å². The Labute approximate surface area is 149 Å². The third kappa shape index (κ3) is 3.32. The molecule has 0 unspecified atom stereocenters. The maximum Gasteiger partial charge on any atom is 0.325 e. The Bertz CT molecular complexity index is 874. The van der Waals surface area contributed by atoms with Gasteiger partial charge >= 0.3 is 6.03 Å². The van der Waals surface area contributed by atoms with Crippen LogP contribution in [-0.2, 0) is 9.59 Å². The van der Waals surface area contributed by atoms with Gasteiger partial charge in [-0.05, 0) is 45.0 Å². The average Bonchev–Trinajstić information content (AvgIpc) is 3.01. The fourth-order valence-corrected chi connectivity index (χ4v) is 2.89. The molecule has 2 N–H and O–H groups in total. The van der Waals surface area contributed by atoms with Crippen molar-refractivity contribution in [1.29, 1.82) is 0 Å². The molecule has 2 heterocycles. The second-order valence-electron chi connectivity index (χ2n) is 6.57. The highest BCUT2D eigenvalue weighted by atomic mass is 35.5. The summed E-state index contributed by atoms with van der Waals surface area (Å²) >= 11 is 5.95. The largest absolute Gasteiger partial charge is 0.459 e. The number of amides is 4. The van der Waals surface area contributed by atoms with Crippen LogP contribution in [0.25, 0.3) is 11.0 Å². The molecule has 4 amide bonds. The summed E-state index contributed by atoms with van der Waals surface area (Å²) in [7, 11) is 0. The third-order valence-corrected chi connectivity index (χ3v) is 4.28. The Balaban J connectivity index is 1.68. The normalized spacial score (nSPS) is 17.7. The van der Waals surface area contributed by atoms with E-state index in [1.54, 1.807) is 45.0 Å². The van der Waals surface area contributed by atoms with Gasteiger partial charge in [0, 0.05) is 10.4 Å². The molecule has 1 aromatic carbocycles. The summed E-state index contributed by atoms with van der Waals surface area (Å²) < 4.78 is 5.70. The quantitative estimate of drug-likeness (QED) is 0.817. The van der Waals surface area contributed by atoms with E-state index < -0.39 is 29.4 Å². The zero-order valence-corrected chi connectivity index (χ0v) is 14.8. The van der Waals surface area contributed by atoms with E-state index >= 15 is 0 Å². The number of rotatable bonds is 4. The summed E-state index contributed by atoms with van der Waals surface area (Å²) in [6.07, 6.45) is 0. The van der Waals surface area contributed by atoms with Crippen LogP contribution in [0.2, 0.25) is 5.02 Å². The van der Waals surface area contributed by atoms with Gasteiger partial charge in [-0.15, -0.1) is 0 Å². The smallest absolute Gasteiger partial charge is 0.325 e. The Morgan fingerprint density at radius 2 is 2.08 bits per heavy atom. The molecule has 0 radical (unpaired) electrons. The standard InChI is InChI=1S/C17H18ClN3O4/c1-9(13-7-10-6-11(18)4-5-12(10)25-13)19-14(22)8-21-15(23)17(2,3)20-16(21)24/h4-7,9H,8H2,1-3H3,(H,19,22)(H,20,24)/t9-/m1/s1. The van der Waals surface area contributed by atoms with E-state index in [0.29, 0.717) is 16.4 Å². The first kappa shape index (κ1) is 17.3. The van der Waals surface area contributed by atoms with Gasteiger partial charge in [-0.2, -0.15) is 0 Å². The lowest BCUT2D eigenvalue weighted by Gasteiger charge is -2.17. The number of hydrogen-bond donors (Lipinski definition) is 2. The van der Waals surface area contributed by atoms with E-state index in [1.807, 2.05) is 0 Å². The van der Waals surface area contributed by atoms with Crippen LogP contribution in [0.5, 0.6) is 0 Å². The minimum atomic E-state index is -0.999. The van der Waals surface area contributed by atoms with Gasteiger partial charge in [0.05, 0.1) is 6.04 Å². The highest BCUT2D eigenvalue weighted by Gasteiger charge is 2.44. The van der Waals surface area contributed by atoms with Crippen LogP contribution in [-0.4, -0.2) is 34.8 Å². The predicted octanol–water partition coefficient (Wildman–Crippen LogP) is 2.59. The lowest BCUT2D eigenvalue weighted by atomic mass is 10.1. The van der Waals surface area contributed by atoms with Gasteiger partial charge in [0.25, 0.3) is 5.91 Å². The van der Waals surface area contributed by atoms with E-state index in [2.05, 4.69) is 10.6 Å². The molecule has 25 heavy (non-hydrogen) atoms. The average molecular weight is 364 g/mol. The molecule has 1 atom stereocenters. The van der Waals surface area contributed by atoms with Crippen molar-refractivity contribution in [3.8, 4) is 0 Å². The number of carbonyl (C=O) groups is 3. The minimum Gasteiger partial charge on any atom is -0.459 e. The Kier molecular flexibility index (Phi) is 4.20. The monoisotopic (exact) mass is 363 g/mol. The zero-order valence-electron chi connectivity index (χ0n) is 14.1. The van der Waals surface area contributed by atoms with Gasteiger partial charge in [0.1, 0.15) is 23.4 Å². The molecule has 1 aliphatic rings. The fraction of sp³-hybridized carbons (Fsp3) is 0.353. The first-order valence-corrected chi connectivity index (χ1v) is 8.17. The maximum absolute atomic E-state index is 12.2. The molecule has 0 spiro atoms. The number of nitrogens with one attached hydrogen (secondary N) is 2. The zero-order chi connectivity index (χ0) is 18.4. The highest BCUT2D eigenvalue weighted by Crippen LogP contribution is 2.26. The van der Waals surface area contributed by atoms with Gasteiger partial charge in [-0.3, -0.25) is 14.5 Å². The van der Waals surface area contributed by atoms with Crippen molar-refractivity contribution in [2.75, 3.05) is 6.54 Å². The van der Waals surface area contributed by atoms with Crippen LogP contribution in [0.4, 0.5) is 4.79 Å². The first-order chi connectivity index (χ1) is 11.7. The second kappa shape index (κ2) is 6.07. The molecule has 8 heteroatoms. The first-order valence-electron chi connectivity index (χ1n) is 7.80. The molecule has 1 saturated heterocycles. The number of imide groups is 1. The summed E-state index contributed by atoms with van der Waals surface area (Å²) in [6, 6.07) is 6.05. The van der Waals surface area contributed by atoms with E-state index in [4.69, 9.17) is 16.0 Å². The molecule has 7 nitrogen and oxygen atoms in total. The summed E-state index contributed by atoms with van der Waals surface area (Å²) in [5, 5.41) is 6.69. The molecule has 0 saturated carbocycles. The van der Waals surface area contributed by atoms with Gasteiger partial charge in [-0.25, -0.2) is 4.79 Å². The number of carbonyl (C=O) groups excluding carboxylic acids is 3. The number of hydrogen-bond acceptors (Lipinski definition) is 4. The second-order valence-corrected chi connectivity index (χ2v) is 7.00. The molecular formula is C17H18ClN3O4. The predicted molar refractivity (Wildman–Crippen MR) is 92.1 cm³/mol. The van der Waals surface area contributed by atoms with Gasteiger partial charge < -0.3 is 15.1 Å². The number of halogens is 1. The van der Waals surface area contributed by atoms with Crippen LogP contribution < -0.4 is 10.6 Å². The number of urea groups is 1. The Morgan fingerprint density at radius 3 is 2.72 bits per heavy atom. The summed E-state index contributed by atoms with van der Waals surface area (Å²) in [4.78, 5) is 37.0. The van der Waals surface area contributed by atoms with Crippen LogP contribution in [0.1, 0.15) is 32.6 Å². The van der Waals surface area contributed by atoms with Crippen molar-refractivity contribution >= 4 is 40.4 Å². The summed E-state index contributed by atoms with van der Waals surface area (Å²) in [5.41, 5.74) is -0.336. The number of furan rings is 1. The highest BCUT2D eigenvalue weighted by molar-refractivity contribution is 6.31. The molecule has 132 valence electrons. The van der Waals surface area contributed by atoms with Crippen LogP contribution in [0.3, 0.4) is 0 Å². The number of nitrogens with zero attached hydrogens (tertiary/aromatic N) is 1. The molecule has 2 aromatic rings. The van der Waals surface area contributed by atoms with Crippen molar-refractivity contribution in [3.05, 3.63) is 35.0 Å². The summed E-state index contributed by atoms with van der Waals surface area (Å²) in [5.74, 6) is -0.325. The molecular weight excluding hydrogens is 346 g/mol. The molecule has 0 aliphatic carbocycles. The maximum atomic E-state index is 12.2. The van der Waals surface area contributed by atoms with Gasteiger partial charge in [-0.1, -0.05) is 11.6 Å². The van der Waals surface area contributed by atoms with Crippen molar-refractivity contribution < 1.29 is 18.8 Å². The van der Waals surface area contributed by atoms with Crippen LogP contribution >= 0.6 is 11.6 Å². The molecule has 3 rings (SSSR count). The van der Waals surface area contributed by atoms with E-state index in [1.165, 1.54) is 0 Å². The van der Waals surface area contributed by atoms with Gasteiger partial charge in [0.15, 0.2) is 0 Å². The summed E-state index contributed by atoms with van der Waals surface area (Å²) in [6.45, 7) is 4.60. The number of fused-ring (bicyclic) bond motifs is 1. The van der Waals surface area contributed by atoms with Crippen molar-refractivity contribution in [2.45, 2.75) is 32.4 Å². The van der Waals surface area contributed by atoms with Crippen LogP contribution in [0, 0.1) is 0 Å². The van der Waals surface area contributed by atoms with Crippen LogP contribution in [0.15, 0.2) is 28.7 Å². The lowest BCUT2D eigenvalue weighted by Crippen LogP contribution is -2.43. The van der Waals surface area contributed by atoms with Crippen molar-refractivity contribution in [1.82, 2.24) is 15.5 Å². The van der Waals surface area contributed by atoms with E-state index in [-0.39, 0.29) is 6.54 Å². The Hall–Kier alpha value is -2.54. The fourth-order valence-electron chi connectivity index (χ4n) is 2.71. The van der Waals surface area contributed by atoms with Crippen molar-refractivity contribution in [2.24, 2.45) is 0 Å². The molecule has 1 fully saturated rings. The number of benzene rings is 1. The van der Waals surface area contributed by atoms with E-state index in [9.17, 15) is 14.4 Å². The van der Waals surface area contributed by atoms with Crippen molar-refractivity contribution in [3.63, 3.8) is 0 Å². The topological polar surface area (TPSA) is 91.7 Å². The molecule has 0 bridgehead atoms. The van der Waals surface area contributed by atoms with Gasteiger partial charge in [0.2, 0.25) is 5.91 Å². The SMILES string of the molecule is C[C@@H](NC(=O)CN1C(=O)NC(C)(C)C1=O)c1cc2cc(Cl)ccc2o1. The molecule has 1 aromatic heterocycles. The Morgan fingerprint density at radius 1 is 1.36 bits per heavy atom. The third-order valence-electron chi connectivity index (χ3n) is 4.05.